The maximum atomic E-state index is 13.8. The number of imidazole rings is 1. The van der Waals surface area contributed by atoms with Gasteiger partial charge in [-0.3, -0.25) is 24.2 Å². The van der Waals surface area contributed by atoms with Crippen molar-refractivity contribution in [2.24, 2.45) is 0 Å². The molecule has 0 atom stereocenters. The zero-order valence-corrected chi connectivity index (χ0v) is 20.4. The smallest absolute Gasteiger partial charge is 0.260 e. The zero-order chi connectivity index (χ0) is 24.5. The number of amides is 3. The van der Waals surface area contributed by atoms with Gasteiger partial charge in [0.2, 0.25) is 11.8 Å². The van der Waals surface area contributed by atoms with Crippen LogP contribution in [0.5, 0.6) is 0 Å². The molecule has 0 bridgehead atoms. The summed E-state index contributed by atoms with van der Waals surface area (Å²) in [6.45, 7) is 5.26. The number of hydrogen-bond acceptors (Lipinski definition) is 6. The molecule has 3 heterocycles. The van der Waals surface area contributed by atoms with Gasteiger partial charge in [0.05, 0.1) is 22.2 Å². The third-order valence-corrected chi connectivity index (χ3v) is 7.27. The van der Waals surface area contributed by atoms with Gasteiger partial charge < -0.3 is 4.57 Å². The van der Waals surface area contributed by atoms with Gasteiger partial charge in [-0.1, -0.05) is 23.5 Å². The highest BCUT2D eigenvalue weighted by Gasteiger charge is 2.31. The lowest BCUT2D eigenvalue weighted by atomic mass is 10.1. The Morgan fingerprint density at radius 2 is 1.91 bits per heavy atom. The molecule has 1 saturated heterocycles. The minimum absolute atomic E-state index is 0.196. The quantitative estimate of drug-likeness (QED) is 0.358. The number of fused-ring (bicyclic) bond motifs is 1. The van der Waals surface area contributed by atoms with Gasteiger partial charge >= 0.3 is 0 Å². The fourth-order valence-corrected chi connectivity index (χ4v) is 5.43. The normalized spacial score (nSPS) is 13.7. The average molecular weight is 488 g/mol. The minimum atomic E-state index is -0.242. The van der Waals surface area contributed by atoms with E-state index in [2.05, 4.69) is 18.0 Å². The highest BCUT2D eigenvalue weighted by molar-refractivity contribution is 7.22. The molecule has 1 fully saturated rings. The monoisotopic (exact) mass is 487 g/mol. The molecule has 8 nitrogen and oxygen atoms in total. The van der Waals surface area contributed by atoms with Crippen molar-refractivity contribution < 1.29 is 14.4 Å². The van der Waals surface area contributed by atoms with Gasteiger partial charge in [-0.2, -0.15) is 0 Å². The Morgan fingerprint density at radius 1 is 1.11 bits per heavy atom. The van der Waals surface area contributed by atoms with Crippen LogP contribution < -0.4 is 9.80 Å². The SMILES string of the molecule is Cc1cc(C)c2sc(N(CCCn3ccnc3)C(=O)c3cccc(N4C(=O)CCC4=O)c3)nc2c1. The molecule has 0 radical (unpaired) electrons. The van der Waals surface area contributed by atoms with Gasteiger partial charge in [-0.05, 0) is 55.7 Å². The average Bonchev–Trinajstić information content (AvgIpc) is 3.57. The van der Waals surface area contributed by atoms with E-state index in [0.717, 1.165) is 21.3 Å². The van der Waals surface area contributed by atoms with Crippen LogP contribution in [0.4, 0.5) is 10.8 Å². The molecule has 0 unspecified atom stereocenters. The molecule has 5 rings (SSSR count). The molecule has 2 aromatic heterocycles. The zero-order valence-electron chi connectivity index (χ0n) is 19.6. The maximum Gasteiger partial charge on any atom is 0.260 e. The van der Waals surface area contributed by atoms with E-state index in [1.54, 1.807) is 41.7 Å². The fourth-order valence-electron chi connectivity index (χ4n) is 4.39. The van der Waals surface area contributed by atoms with Crippen molar-refractivity contribution in [3.63, 3.8) is 0 Å². The van der Waals surface area contributed by atoms with Crippen LogP contribution in [0.3, 0.4) is 0 Å². The van der Waals surface area contributed by atoms with Gasteiger partial charge in [0.25, 0.3) is 5.91 Å². The molecule has 4 aromatic rings. The van der Waals surface area contributed by atoms with Crippen molar-refractivity contribution in [3.05, 3.63) is 71.8 Å². The van der Waals surface area contributed by atoms with Crippen LogP contribution in [0.25, 0.3) is 10.2 Å². The molecular formula is C26H25N5O3S. The van der Waals surface area contributed by atoms with E-state index in [1.807, 2.05) is 23.8 Å². The van der Waals surface area contributed by atoms with E-state index < -0.39 is 0 Å². The number of thiazole rings is 1. The summed E-state index contributed by atoms with van der Waals surface area (Å²) in [7, 11) is 0. The van der Waals surface area contributed by atoms with Crippen molar-refractivity contribution in [1.82, 2.24) is 14.5 Å². The first-order chi connectivity index (χ1) is 16.9. The molecule has 0 spiro atoms. The van der Waals surface area contributed by atoms with Crippen molar-refractivity contribution in [3.8, 4) is 0 Å². The number of imide groups is 1. The molecule has 1 aliphatic heterocycles. The third kappa shape index (κ3) is 4.59. The Kier molecular flexibility index (Phi) is 6.17. The Labute approximate surface area is 206 Å². The molecule has 0 N–H and O–H groups in total. The molecule has 3 amide bonds. The summed E-state index contributed by atoms with van der Waals surface area (Å²) in [6, 6.07) is 10.9. The highest BCUT2D eigenvalue weighted by Crippen LogP contribution is 2.33. The lowest BCUT2D eigenvalue weighted by Crippen LogP contribution is -2.33. The van der Waals surface area contributed by atoms with Gasteiger partial charge in [0.1, 0.15) is 0 Å². The van der Waals surface area contributed by atoms with E-state index >= 15 is 0 Å². The van der Waals surface area contributed by atoms with Crippen LogP contribution in [0.2, 0.25) is 0 Å². The molecule has 1 aliphatic rings. The van der Waals surface area contributed by atoms with Crippen LogP contribution in [-0.4, -0.2) is 38.8 Å². The Balaban J connectivity index is 1.48. The molecule has 9 heteroatoms. The largest absolute Gasteiger partial charge is 0.337 e. The summed E-state index contributed by atoms with van der Waals surface area (Å²) in [6.07, 6.45) is 6.48. The second-order valence-electron chi connectivity index (χ2n) is 8.71. The van der Waals surface area contributed by atoms with Gasteiger partial charge in [0.15, 0.2) is 5.13 Å². The van der Waals surface area contributed by atoms with Crippen LogP contribution in [0.15, 0.2) is 55.1 Å². The summed E-state index contributed by atoms with van der Waals surface area (Å²) >= 11 is 1.50. The summed E-state index contributed by atoms with van der Waals surface area (Å²) in [5.41, 5.74) is 3.96. The van der Waals surface area contributed by atoms with Crippen LogP contribution in [0, 0.1) is 13.8 Å². The number of aryl methyl sites for hydroxylation is 3. The summed E-state index contributed by atoms with van der Waals surface area (Å²) in [5.74, 6) is -0.701. The van der Waals surface area contributed by atoms with Gasteiger partial charge in [-0.15, -0.1) is 0 Å². The molecule has 2 aromatic carbocycles. The lowest BCUT2D eigenvalue weighted by Gasteiger charge is -2.21. The van der Waals surface area contributed by atoms with Gasteiger partial charge in [-0.25, -0.2) is 9.97 Å². The molecule has 0 aliphatic carbocycles. The van der Waals surface area contributed by atoms with Crippen molar-refractivity contribution >= 4 is 50.1 Å². The molecular weight excluding hydrogens is 462 g/mol. The number of carbonyl (C=O) groups excluding carboxylic acids is 3. The van der Waals surface area contributed by atoms with Gasteiger partial charge in [0, 0.05) is 43.9 Å². The van der Waals surface area contributed by atoms with Crippen molar-refractivity contribution in [1.29, 1.82) is 0 Å². The predicted octanol–water partition coefficient (Wildman–Crippen LogP) is 4.50. The fraction of sp³-hybridized carbons (Fsp3) is 0.269. The summed E-state index contributed by atoms with van der Waals surface area (Å²) in [4.78, 5) is 50.0. The number of aromatic nitrogens is 3. The van der Waals surface area contributed by atoms with Crippen LogP contribution in [-0.2, 0) is 16.1 Å². The lowest BCUT2D eigenvalue weighted by molar-refractivity contribution is -0.121. The Hall–Kier alpha value is -3.85. The minimum Gasteiger partial charge on any atom is -0.337 e. The standard InChI is InChI=1S/C26H25N5O3S/c1-17-13-18(2)24-21(14-17)28-26(35-24)30(11-4-10-29-12-9-27-16-29)25(34)19-5-3-6-20(15-19)31-22(32)7-8-23(31)33/h3,5-6,9,12-16H,4,7-8,10-11H2,1-2H3. The first-order valence-corrected chi connectivity index (χ1v) is 12.3. The second-order valence-corrected chi connectivity index (χ2v) is 9.69. The topological polar surface area (TPSA) is 88.4 Å². The Bertz CT molecular complexity index is 1410. The highest BCUT2D eigenvalue weighted by atomic mass is 32.1. The van der Waals surface area contributed by atoms with E-state index in [4.69, 9.17) is 4.98 Å². The molecule has 35 heavy (non-hydrogen) atoms. The first-order valence-electron chi connectivity index (χ1n) is 11.5. The van der Waals surface area contributed by atoms with E-state index in [9.17, 15) is 14.4 Å². The van der Waals surface area contributed by atoms with E-state index in [1.165, 1.54) is 16.2 Å². The molecule has 178 valence electrons. The summed E-state index contributed by atoms with van der Waals surface area (Å²) in [5, 5.41) is 0.628. The van der Waals surface area contributed by atoms with Crippen molar-refractivity contribution in [2.45, 2.75) is 39.7 Å². The number of carbonyl (C=O) groups is 3. The first kappa shape index (κ1) is 22.9. The number of hydrogen-bond donors (Lipinski definition) is 0. The van der Waals surface area contributed by atoms with Crippen molar-refractivity contribution in [2.75, 3.05) is 16.3 Å². The number of nitrogens with zero attached hydrogens (tertiary/aromatic N) is 5. The van der Waals surface area contributed by atoms with E-state index in [0.29, 0.717) is 35.9 Å². The summed E-state index contributed by atoms with van der Waals surface area (Å²) < 4.78 is 3.03. The predicted molar refractivity (Wildman–Crippen MR) is 136 cm³/mol. The van der Waals surface area contributed by atoms with E-state index in [-0.39, 0.29) is 30.6 Å². The number of anilines is 2. The number of rotatable bonds is 7. The van der Waals surface area contributed by atoms with Crippen LogP contribution >= 0.6 is 11.3 Å². The third-order valence-electron chi connectivity index (χ3n) is 6.04. The molecule has 0 saturated carbocycles. The maximum absolute atomic E-state index is 13.8. The number of benzene rings is 2. The van der Waals surface area contributed by atoms with Crippen LogP contribution in [0.1, 0.15) is 40.7 Å². The Morgan fingerprint density at radius 3 is 2.66 bits per heavy atom. The second kappa shape index (κ2) is 9.42.